The number of hydrogen-bond donors (Lipinski definition) is 4. The molecule has 0 spiro atoms. The van der Waals surface area contributed by atoms with Crippen molar-refractivity contribution in [3.05, 3.63) is 130 Å². The fraction of sp³-hybridized carbons (Fsp3) is 0.516. The van der Waals surface area contributed by atoms with Crippen molar-refractivity contribution in [2.75, 3.05) is 26.2 Å². The summed E-state index contributed by atoms with van der Waals surface area (Å²) in [6.45, 7) is 29.7. The quantitative estimate of drug-likeness (QED) is 0.0307. The molecule has 0 bridgehead atoms. The SMILES string of the molecule is CC1=C(/C=C/C(C)=C/C=C/C(C)=C/C=C/C=C(C)/C=C/C=C(C)/C=C/C2=C(C)C(=O)[C@@H](OC(=O)CNC(=O)NCCCC(=O)OC(C)(C)C)CC2(C)C)C(C)(C)C[C@H](OC(=O)CNC(=O)NCCCC(=O)OC(C)(C)C)C1=O. The largest absolute Gasteiger partial charge is 0.460 e. The van der Waals surface area contributed by atoms with Crippen LogP contribution in [0.15, 0.2) is 130 Å². The lowest BCUT2D eigenvalue weighted by molar-refractivity contribution is -0.156. The van der Waals surface area contributed by atoms with Gasteiger partial charge in [-0.3, -0.25) is 28.8 Å². The molecule has 78 heavy (non-hydrogen) atoms. The standard InChI is InChI=1S/C62H88N4O12/c1-41(25-19-27-43(3)31-33-47-45(5)55(71)49(37-61(47,13)14)75-53(69)39-65-57(73)63-35-21-29-51(67)77-59(7,8)9)23-17-18-24-42(2)26-20-28-44(4)32-34-48-46(6)56(72)50(38-62(48,15)16)76-54(70)40-66-58(74)64-36-22-30-52(68)78-60(10,11)12/h17-20,23-28,31-34,49-50H,21-22,29-30,35-40H2,1-16H3,(H2,63,65,73)(H2,64,66,74)/b18-17+,25-19+,26-20+,33-31+,34-32+,41-23+,42-24+,43-27+,44-28+/t49-,50-/m0/s1. The molecule has 0 heterocycles. The minimum Gasteiger partial charge on any atom is -0.460 e. The first-order valence-corrected chi connectivity index (χ1v) is 26.6. The highest BCUT2D eigenvalue weighted by atomic mass is 16.6. The highest BCUT2D eigenvalue weighted by molar-refractivity contribution is 6.02. The molecule has 2 aliphatic carbocycles. The van der Waals surface area contributed by atoms with Crippen molar-refractivity contribution in [1.29, 1.82) is 0 Å². The van der Waals surface area contributed by atoms with Gasteiger partial charge in [0, 0.05) is 38.8 Å². The van der Waals surface area contributed by atoms with Crippen molar-refractivity contribution in [2.45, 2.75) is 173 Å². The molecule has 0 saturated heterocycles. The van der Waals surface area contributed by atoms with Crippen LogP contribution >= 0.6 is 0 Å². The molecule has 2 rings (SSSR count). The molecule has 2 aliphatic rings. The molecule has 0 radical (unpaired) electrons. The van der Waals surface area contributed by atoms with Crippen LogP contribution in [-0.2, 0) is 47.7 Å². The topological polar surface area (TPSA) is 222 Å². The van der Waals surface area contributed by atoms with Crippen LogP contribution in [0.3, 0.4) is 0 Å². The van der Waals surface area contributed by atoms with Gasteiger partial charge >= 0.3 is 35.9 Å². The number of carbonyl (C=O) groups is 8. The Labute approximate surface area is 463 Å². The number of nitrogens with one attached hydrogen (secondary N) is 4. The molecule has 4 N–H and O–H groups in total. The predicted octanol–water partition coefficient (Wildman–Crippen LogP) is 10.8. The Hall–Kier alpha value is -7.10. The number of Topliss-reactive ketones (excluding diaryl/α,β-unsaturated/α-hetero) is 2. The minimum absolute atomic E-state index is 0.146. The fourth-order valence-electron chi connectivity index (χ4n) is 8.24. The highest BCUT2D eigenvalue weighted by Crippen LogP contribution is 2.42. The number of ketones is 2. The van der Waals surface area contributed by atoms with Crippen LogP contribution in [-0.4, -0.2) is 97.1 Å². The summed E-state index contributed by atoms with van der Waals surface area (Å²) < 4.78 is 21.5. The monoisotopic (exact) mass is 1080 g/mol. The predicted molar refractivity (Wildman–Crippen MR) is 306 cm³/mol. The number of esters is 4. The highest BCUT2D eigenvalue weighted by Gasteiger charge is 2.41. The summed E-state index contributed by atoms with van der Waals surface area (Å²) in [5.41, 5.74) is 4.66. The summed E-state index contributed by atoms with van der Waals surface area (Å²) in [5, 5.41) is 10.0. The summed E-state index contributed by atoms with van der Waals surface area (Å²) in [5.74, 6) is -2.72. The van der Waals surface area contributed by atoms with E-state index in [1.54, 1.807) is 55.4 Å². The van der Waals surface area contributed by atoms with Gasteiger partial charge in [-0.2, -0.15) is 0 Å². The van der Waals surface area contributed by atoms with Gasteiger partial charge in [0.2, 0.25) is 0 Å². The first kappa shape index (κ1) is 67.0. The number of amides is 4. The lowest BCUT2D eigenvalue weighted by Crippen LogP contribution is -2.43. The van der Waals surface area contributed by atoms with Gasteiger partial charge in [0.15, 0.2) is 23.8 Å². The molecule has 0 aromatic carbocycles. The van der Waals surface area contributed by atoms with Crippen molar-refractivity contribution in [3.8, 4) is 0 Å². The van der Waals surface area contributed by atoms with Crippen LogP contribution < -0.4 is 21.3 Å². The Balaban J connectivity index is 1.87. The van der Waals surface area contributed by atoms with Crippen LogP contribution in [0.1, 0.15) is 149 Å². The Morgan fingerprint density at radius 2 is 0.821 bits per heavy atom. The van der Waals surface area contributed by atoms with E-state index in [-0.39, 0.29) is 62.3 Å². The van der Waals surface area contributed by atoms with E-state index < -0.39 is 71.3 Å². The second-order valence-electron chi connectivity index (χ2n) is 23.0. The van der Waals surface area contributed by atoms with Gasteiger partial charge in [0.1, 0.15) is 24.3 Å². The van der Waals surface area contributed by atoms with E-state index in [0.29, 0.717) is 24.0 Å². The molecule has 16 heteroatoms. The van der Waals surface area contributed by atoms with Crippen LogP contribution in [0.4, 0.5) is 9.59 Å². The van der Waals surface area contributed by atoms with Gasteiger partial charge < -0.3 is 40.2 Å². The average molecular weight is 1080 g/mol. The third-order valence-corrected chi connectivity index (χ3v) is 12.1. The first-order valence-electron chi connectivity index (χ1n) is 26.6. The van der Waals surface area contributed by atoms with Crippen molar-refractivity contribution >= 4 is 47.5 Å². The van der Waals surface area contributed by atoms with E-state index in [1.165, 1.54) is 0 Å². The number of urea groups is 2. The Bertz CT molecular complexity index is 2380. The summed E-state index contributed by atoms with van der Waals surface area (Å²) in [6.07, 6.45) is 27.3. The van der Waals surface area contributed by atoms with Gasteiger partial charge in [0.05, 0.1) is 0 Å². The molecule has 4 amide bonds. The maximum absolute atomic E-state index is 13.3. The number of allylic oxidation sites excluding steroid dienone is 20. The van der Waals surface area contributed by atoms with Crippen molar-refractivity contribution in [1.82, 2.24) is 21.3 Å². The number of ether oxygens (including phenoxy) is 4. The van der Waals surface area contributed by atoms with E-state index in [9.17, 15) is 38.4 Å². The lowest BCUT2D eigenvalue weighted by atomic mass is 9.71. The summed E-state index contributed by atoms with van der Waals surface area (Å²) in [7, 11) is 0. The number of hydrogen-bond acceptors (Lipinski definition) is 12. The molecular formula is C62H88N4O12. The molecule has 0 unspecified atom stereocenters. The van der Waals surface area contributed by atoms with Crippen molar-refractivity contribution in [3.63, 3.8) is 0 Å². The Kier molecular flexibility index (Phi) is 26.9. The molecule has 16 nitrogen and oxygen atoms in total. The molecule has 0 aliphatic heterocycles. The molecule has 0 aromatic rings. The molecule has 0 aromatic heterocycles. The second-order valence-corrected chi connectivity index (χ2v) is 23.0. The summed E-state index contributed by atoms with van der Waals surface area (Å²) in [4.78, 5) is 99.9. The van der Waals surface area contributed by atoms with Gasteiger partial charge in [-0.05, 0) is 129 Å². The Morgan fingerprint density at radius 1 is 0.500 bits per heavy atom. The van der Waals surface area contributed by atoms with Gasteiger partial charge in [-0.15, -0.1) is 0 Å². The summed E-state index contributed by atoms with van der Waals surface area (Å²) in [6, 6.07) is -1.18. The van der Waals surface area contributed by atoms with E-state index in [1.807, 2.05) is 140 Å². The van der Waals surface area contributed by atoms with Crippen molar-refractivity contribution < 1.29 is 57.3 Å². The third kappa shape index (κ3) is 26.3. The van der Waals surface area contributed by atoms with Gasteiger partial charge in [-0.1, -0.05) is 135 Å². The van der Waals surface area contributed by atoms with E-state index >= 15 is 0 Å². The minimum atomic E-state index is -0.972. The zero-order chi connectivity index (χ0) is 59.0. The maximum Gasteiger partial charge on any atom is 0.326 e. The number of rotatable bonds is 24. The van der Waals surface area contributed by atoms with E-state index in [2.05, 4.69) is 21.3 Å². The number of carbonyl (C=O) groups excluding carboxylic acids is 8. The van der Waals surface area contributed by atoms with Crippen LogP contribution in [0.25, 0.3) is 0 Å². The molecule has 428 valence electrons. The second kappa shape index (κ2) is 31.3. The van der Waals surface area contributed by atoms with E-state index in [0.717, 1.165) is 33.4 Å². The van der Waals surface area contributed by atoms with Gasteiger partial charge in [-0.25, -0.2) is 9.59 Å². The van der Waals surface area contributed by atoms with Crippen LogP contribution in [0.5, 0.6) is 0 Å². The normalized spacial score (nSPS) is 18.8. The average Bonchev–Trinajstić information content (AvgIpc) is 3.31. The smallest absolute Gasteiger partial charge is 0.326 e. The van der Waals surface area contributed by atoms with Crippen LogP contribution in [0, 0.1) is 10.8 Å². The molecular weight excluding hydrogens is 993 g/mol. The van der Waals surface area contributed by atoms with Gasteiger partial charge in [0.25, 0.3) is 0 Å². The molecule has 0 saturated carbocycles. The third-order valence-electron chi connectivity index (χ3n) is 12.1. The van der Waals surface area contributed by atoms with E-state index in [4.69, 9.17) is 18.9 Å². The zero-order valence-electron chi connectivity index (χ0n) is 49.2. The zero-order valence-corrected chi connectivity index (χ0v) is 49.2. The molecule has 2 atom stereocenters. The molecule has 0 fully saturated rings. The fourth-order valence-corrected chi connectivity index (χ4v) is 8.24. The van der Waals surface area contributed by atoms with Crippen LogP contribution in [0.2, 0.25) is 0 Å². The van der Waals surface area contributed by atoms with Crippen molar-refractivity contribution in [2.24, 2.45) is 10.8 Å². The first-order chi connectivity index (χ1) is 36.2. The Morgan fingerprint density at radius 3 is 1.15 bits per heavy atom. The summed E-state index contributed by atoms with van der Waals surface area (Å²) >= 11 is 0. The maximum atomic E-state index is 13.3. The lowest BCUT2D eigenvalue weighted by Gasteiger charge is -2.36.